The fraction of sp³-hybridized carbons (Fsp3) is 0.267. The molecule has 1 aromatic carbocycles. The van der Waals surface area contributed by atoms with Gasteiger partial charge in [-0.05, 0) is 45.1 Å². The second kappa shape index (κ2) is 8.46. The molecule has 0 saturated heterocycles. The molecule has 0 aliphatic carbocycles. The molecule has 0 atom stereocenters. The predicted molar refractivity (Wildman–Crippen MR) is 93.0 cm³/mol. The van der Waals surface area contributed by atoms with Crippen molar-refractivity contribution in [3.63, 3.8) is 0 Å². The maximum absolute atomic E-state index is 11.7. The van der Waals surface area contributed by atoms with Crippen molar-refractivity contribution < 1.29 is 9.53 Å². The van der Waals surface area contributed by atoms with E-state index >= 15 is 0 Å². The molecule has 0 bridgehead atoms. The van der Waals surface area contributed by atoms with Crippen LogP contribution < -0.4 is 10.1 Å². The Labute approximate surface area is 141 Å². The lowest BCUT2D eigenvalue weighted by Crippen LogP contribution is -2.24. The smallest absolute Gasteiger partial charge is 0.230 e. The van der Waals surface area contributed by atoms with Gasteiger partial charge in [0.15, 0.2) is 0 Å². The van der Waals surface area contributed by atoms with Gasteiger partial charge < -0.3 is 10.1 Å². The zero-order valence-electron chi connectivity index (χ0n) is 11.6. The van der Waals surface area contributed by atoms with Crippen LogP contribution >= 0.6 is 39.0 Å². The van der Waals surface area contributed by atoms with Gasteiger partial charge in [-0.2, -0.15) is 0 Å². The summed E-state index contributed by atoms with van der Waals surface area (Å²) in [5, 5.41) is 4.93. The number of thioether (sulfide) groups is 1. The zero-order valence-corrected chi connectivity index (χ0v) is 14.8. The topological polar surface area (TPSA) is 38.3 Å². The second-order valence-electron chi connectivity index (χ2n) is 4.32. The van der Waals surface area contributed by atoms with Crippen LogP contribution in [0.5, 0.6) is 5.75 Å². The highest BCUT2D eigenvalue weighted by atomic mass is 79.9. The summed E-state index contributed by atoms with van der Waals surface area (Å²) >= 11 is 6.72. The number of hydrogen-bond donors (Lipinski definition) is 1. The van der Waals surface area contributed by atoms with Gasteiger partial charge in [0.25, 0.3) is 0 Å². The first-order chi connectivity index (χ1) is 10.2. The number of methoxy groups -OCH3 is 1. The summed E-state index contributed by atoms with van der Waals surface area (Å²) in [4.78, 5) is 12.9. The Balaban J connectivity index is 1.71. The van der Waals surface area contributed by atoms with Crippen molar-refractivity contribution in [3.05, 3.63) is 50.6 Å². The summed E-state index contributed by atoms with van der Waals surface area (Å²) < 4.78 is 6.13. The van der Waals surface area contributed by atoms with Gasteiger partial charge >= 0.3 is 0 Å². The van der Waals surface area contributed by atoms with Gasteiger partial charge in [0.1, 0.15) is 5.75 Å². The molecule has 21 heavy (non-hydrogen) atoms. The summed E-state index contributed by atoms with van der Waals surface area (Å²) in [5.74, 6) is 2.16. The Kier molecular flexibility index (Phi) is 6.60. The van der Waals surface area contributed by atoms with Crippen LogP contribution in [0.15, 0.2) is 40.2 Å². The molecule has 0 saturated carbocycles. The average molecular weight is 386 g/mol. The highest BCUT2D eigenvalue weighted by Gasteiger charge is 2.05. The molecule has 1 N–H and O–H groups in total. The number of benzene rings is 1. The predicted octanol–water partition coefficient (Wildman–Crippen LogP) is 4.07. The Morgan fingerprint density at radius 1 is 1.43 bits per heavy atom. The minimum Gasteiger partial charge on any atom is -0.496 e. The number of ether oxygens (including phenoxy) is 1. The number of rotatable bonds is 7. The summed E-state index contributed by atoms with van der Waals surface area (Å²) in [7, 11) is 1.65. The fourth-order valence-corrected chi connectivity index (χ4v) is 3.75. The van der Waals surface area contributed by atoms with Gasteiger partial charge in [-0.3, -0.25) is 4.79 Å². The molecule has 0 aliphatic heterocycles. The van der Waals surface area contributed by atoms with E-state index in [1.807, 2.05) is 35.7 Å². The largest absolute Gasteiger partial charge is 0.496 e. The average Bonchev–Trinajstić information content (AvgIpc) is 2.99. The SMILES string of the molecule is COc1ccc(CSCC(=O)NCc2cccs2)cc1Br. The number of halogens is 1. The van der Waals surface area contributed by atoms with Gasteiger partial charge in [-0.25, -0.2) is 0 Å². The molecule has 0 aliphatic rings. The van der Waals surface area contributed by atoms with E-state index in [4.69, 9.17) is 4.74 Å². The lowest BCUT2D eigenvalue weighted by Gasteiger charge is -2.07. The van der Waals surface area contributed by atoms with E-state index in [-0.39, 0.29) is 5.91 Å². The number of carbonyl (C=O) groups excluding carboxylic acids is 1. The summed E-state index contributed by atoms with van der Waals surface area (Å²) in [6, 6.07) is 9.97. The van der Waals surface area contributed by atoms with E-state index in [1.54, 1.807) is 30.2 Å². The van der Waals surface area contributed by atoms with Crippen molar-refractivity contribution in [2.24, 2.45) is 0 Å². The first kappa shape index (κ1) is 16.4. The summed E-state index contributed by atoms with van der Waals surface area (Å²) in [6.45, 7) is 0.616. The monoisotopic (exact) mass is 385 g/mol. The minimum absolute atomic E-state index is 0.0703. The van der Waals surface area contributed by atoms with Crippen molar-refractivity contribution in [2.75, 3.05) is 12.9 Å². The molecule has 1 aromatic heterocycles. The lowest BCUT2D eigenvalue weighted by atomic mass is 10.2. The number of nitrogens with one attached hydrogen (secondary N) is 1. The Morgan fingerprint density at radius 2 is 2.29 bits per heavy atom. The Morgan fingerprint density at radius 3 is 2.95 bits per heavy atom. The number of thiophene rings is 1. The van der Waals surface area contributed by atoms with Gasteiger partial charge in [0.2, 0.25) is 5.91 Å². The summed E-state index contributed by atoms with van der Waals surface area (Å²) in [5.41, 5.74) is 1.17. The molecule has 112 valence electrons. The number of amides is 1. The van der Waals surface area contributed by atoms with E-state index in [0.717, 1.165) is 16.0 Å². The van der Waals surface area contributed by atoms with Crippen molar-refractivity contribution >= 4 is 44.9 Å². The van der Waals surface area contributed by atoms with E-state index in [0.29, 0.717) is 12.3 Å². The van der Waals surface area contributed by atoms with Gasteiger partial charge in [0, 0.05) is 10.6 Å². The molecular formula is C15H16BrNO2S2. The molecule has 0 radical (unpaired) electrons. The molecule has 0 spiro atoms. The van der Waals surface area contributed by atoms with Gasteiger partial charge in [-0.1, -0.05) is 12.1 Å². The molecular weight excluding hydrogens is 370 g/mol. The minimum atomic E-state index is 0.0703. The van der Waals surface area contributed by atoms with Crippen molar-refractivity contribution in [2.45, 2.75) is 12.3 Å². The highest BCUT2D eigenvalue weighted by Crippen LogP contribution is 2.27. The molecule has 1 amide bonds. The first-order valence-electron chi connectivity index (χ1n) is 6.38. The molecule has 0 unspecified atom stereocenters. The molecule has 2 aromatic rings. The maximum atomic E-state index is 11.7. The van der Waals surface area contributed by atoms with Crippen LogP contribution in [-0.4, -0.2) is 18.8 Å². The highest BCUT2D eigenvalue weighted by molar-refractivity contribution is 9.10. The Hall–Kier alpha value is -0.980. The lowest BCUT2D eigenvalue weighted by molar-refractivity contribution is -0.118. The van der Waals surface area contributed by atoms with E-state index in [9.17, 15) is 4.79 Å². The van der Waals surface area contributed by atoms with Gasteiger partial charge in [0.05, 0.1) is 23.9 Å². The molecule has 6 heteroatoms. The van der Waals surface area contributed by atoms with Crippen molar-refractivity contribution in [1.29, 1.82) is 0 Å². The van der Waals surface area contributed by atoms with Crippen molar-refractivity contribution in [1.82, 2.24) is 5.32 Å². The van der Waals surface area contributed by atoms with Crippen LogP contribution in [0, 0.1) is 0 Å². The Bertz CT molecular complexity index is 587. The number of hydrogen-bond acceptors (Lipinski definition) is 4. The third kappa shape index (κ3) is 5.37. The van der Waals surface area contributed by atoms with E-state index in [1.165, 1.54) is 10.4 Å². The van der Waals surface area contributed by atoms with E-state index in [2.05, 4.69) is 21.2 Å². The quantitative estimate of drug-likeness (QED) is 0.780. The van der Waals surface area contributed by atoms with Crippen LogP contribution in [0.25, 0.3) is 0 Å². The third-order valence-electron chi connectivity index (χ3n) is 2.76. The van der Waals surface area contributed by atoms with E-state index < -0.39 is 0 Å². The summed E-state index contributed by atoms with van der Waals surface area (Å²) in [6.07, 6.45) is 0. The maximum Gasteiger partial charge on any atom is 0.230 e. The van der Waals surface area contributed by atoms with Crippen LogP contribution in [0.1, 0.15) is 10.4 Å². The van der Waals surface area contributed by atoms with Gasteiger partial charge in [-0.15, -0.1) is 23.1 Å². The second-order valence-corrected chi connectivity index (χ2v) is 7.19. The van der Waals surface area contributed by atoms with Crippen LogP contribution in [-0.2, 0) is 17.1 Å². The van der Waals surface area contributed by atoms with Crippen LogP contribution in [0.3, 0.4) is 0 Å². The van der Waals surface area contributed by atoms with Crippen LogP contribution in [0.4, 0.5) is 0 Å². The fourth-order valence-electron chi connectivity index (χ4n) is 1.71. The molecule has 0 fully saturated rings. The zero-order chi connectivity index (χ0) is 15.1. The van der Waals surface area contributed by atoms with Crippen LogP contribution in [0.2, 0.25) is 0 Å². The third-order valence-corrected chi connectivity index (χ3v) is 5.26. The first-order valence-corrected chi connectivity index (χ1v) is 9.21. The molecule has 1 heterocycles. The molecule has 3 nitrogen and oxygen atoms in total. The number of carbonyl (C=O) groups is 1. The normalized spacial score (nSPS) is 10.4. The molecule has 2 rings (SSSR count). The standard InChI is InChI=1S/C15H16BrNO2S2/c1-19-14-5-4-11(7-13(14)16)9-20-10-15(18)17-8-12-3-2-6-21-12/h2-7H,8-10H2,1H3,(H,17,18). The van der Waals surface area contributed by atoms with Crippen molar-refractivity contribution in [3.8, 4) is 5.75 Å².